The van der Waals surface area contributed by atoms with Gasteiger partial charge < -0.3 is 5.32 Å². The van der Waals surface area contributed by atoms with Crippen molar-refractivity contribution in [2.24, 2.45) is 0 Å². The summed E-state index contributed by atoms with van der Waals surface area (Å²) in [7, 11) is 0. The van der Waals surface area contributed by atoms with Crippen LogP contribution in [0.4, 0.5) is 5.69 Å². The SMILES string of the molecule is CCNc1ccc(-c2cn[nH]c2)cc1. The lowest BCUT2D eigenvalue weighted by molar-refractivity contribution is 1.09. The highest BCUT2D eigenvalue weighted by molar-refractivity contribution is 5.64. The second-order valence-electron chi connectivity index (χ2n) is 3.09. The van der Waals surface area contributed by atoms with Crippen LogP contribution in [0.2, 0.25) is 0 Å². The Morgan fingerprint density at radius 3 is 2.57 bits per heavy atom. The Labute approximate surface area is 83.2 Å². The van der Waals surface area contributed by atoms with Crippen LogP contribution in [0.15, 0.2) is 36.7 Å². The summed E-state index contributed by atoms with van der Waals surface area (Å²) in [6.45, 7) is 3.04. The third-order valence-electron chi connectivity index (χ3n) is 2.10. The summed E-state index contributed by atoms with van der Waals surface area (Å²) < 4.78 is 0. The van der Waals surface area contributed by atoms with Crippen molar-refractivity contribution in [3.05, 3.63) is 36.7 Å². The number of nitrogens with zero attached hydrogens (tertiary/aromatic N) is 1. The molecule has 14 heavy (non-hydrogen) atoms. The number of aromatic nitrogens is 2. The van der Waals surface area contributed by atoms with Crippen LogP contribution in [-0.4, -0.2) is 16.7 Å². The molecule has 0 fully saturated rings. The maximum absolute atomic E-state index is 3.92. The van der Waals surface area contributed by atoms with Gasteiger partial charge in [-0.15, -0.1) is 0 Å². The number of aromatic amines is 1. The van der Waals surface area contributed by atoms with Crippen LogP contribution in [0.25, 0.3) is 11.1 Å². The summed E-state index contributed by atoms with van der Waals surface area (Å²) >= 11 is 0. The Bertz CT molecular complexity index is 375. The summed E-state index contributed by atoms with van der Waals surface area (Å²) in [6.07, 6.45) is 3.71. The van der Waals surface area contributed by atoms with E-state index in [1.54, 1.807) is 0 Å². The van der Waals surface area contributed by atoms with Gasteiger partial charge in [0.15, 0.2) is 0 Å². The minimum atomic E-state index is 0.949. The Morgan fingerprint density at radius 2 is 2.00 bits per heavy atom. The van der Waals surface area contributed by atoms with Gasteiger partial charge in [-0.05, 0) is 24.6 Å². The van der Waals surface area contributed by atoms with Gasteiger partial charge in [-0.2, -0.15) is 5.10 Å². The molecule has 0 aliphatic heterocycles. The van der Waals surface area contributed by atoms with Gasteiger partial charge in [0.05, 0.1) is 6.20 Å². The quantitative estimate of drug-likeness (QED) is 0.775. The van der Waals surface area contributed by atoms with Gasteiger partial charge >= 0.3 is 0 Å². The highest BCUT2D eigenvalue weighted by Gasteiger charge is 1.97. The predicted molar refractivity (Wildman–Crippen MR) is 58.2 cm³/mol. The van der Waals surface area contributed by atoms with Gasteiger partial charge in [0.2, 0.25) is 0 Å². The Hall–Kier alpha value is -1.77. The van der Waals surface area contributed by atoms with Crippen molar-refractivity contribution in [2.75, 3.05) is 11.9 Å². The molecule has 1 aromatic heterocycles. The maximum Gasteiger partial charge on any atom is 0.0565 e. The van der Waals surface area contributed by atoms with Crippen LogP contribution in [0, 0.1) is 0 Å². The zero-order chi connectivity index (χ0) is 9.80. The molecule has 0 amide bonds. The standard InChI is InChI=1S/C11H13N3/c1-2-12-11-5-3-9(4-6-11)10-7-13-14-8-10/h3-8,12H,2H2,1H3,(H,13,14). The first-order valence-corrected chi connectivity index (χ1v) is 4.73. The molecule has 0 unspecified atom stereocenters. The molecule has 0 radical (unpaired) electrons. The molecule has 0 aliphatic rings. The average molecular weight is 187 g/mol. The van der Waals surface area contributed by atoms with E-state index in [0.29, 0.717) is 0 Å². The molecule has 2 aromatic rings. The smallest absolute Gasteiger partial charge is 0.0565 e. The first-order chi connectivity index (χ1) is 6.90. The minimum absolute atomic E-state index is 0.949. The average Bonchev–Trinajstić information content (AvgIpc) is 2.72. The van der Waals surface area contributed by atoms with Crippen LogP contribution in [-0.2, 0) is 0 Å². The number of rotatable bonds is 3. The minimum Gasteiger partial charge on any atom is -0.385 e. The van der Waals surface area contributed by atoms with Gasteiger partial charge in [0.1, 0.15) is 0 Å². The second kappa shape index (κ2) is 3.96. The largest absolute Gasteiger partial charge is 0.385 e. The van der Waals surface area contributed by atoms with Gasteiger partial charge in [0.25, 0.3) is 0 Å². The molecule has 0 bridgehead atoms. The van der Waals surface area contributed by atoms with Crippen LogP contribution in [0.5, 0.6) is 0 Å². The van der Waals surface area contributed by atoms with Crippen molar-refractivity contribution in [1.29, 1.82) is 0 Å². The second-order valence-corrected chi connectivity index (χ2v) is 3.09. The van der Waals surface area contributed by atoms with E-state index in [9.17, 15) is 0 Å². The number of anilines is 1. The van der Waals surface area contributed by atoms with Crippen molar-refractivity contribution in [3.63, 3.8) is 0 Å². The van der Waals surface area contributed by atoms with Crippen molar-refractivity contribution < 1.29 is 0 Å². The van der Waals surface area contributed by atoms with Gasteiger partial charge in [0, 0.05) is 24.0 Å². The fourth-order valence-electron chi connectivity index (χ4n) is 1.39. The Kier molecular flexibility index (Phi) is 2.49. The number of nitrogens with one attached hydrogen (secondary N) is 2. The number of hydrogen-bond acceptors (Lipinski definition) is 2. The van der Waals surface area contributed by atoms with Gasteiger partial charge in [-0.3, -0.25) is 5.10 Å². The molecule has 0 saturated carbocycles. The molecule has 2 rings (SSSR count). The molecule has 0 saturated heterocycles. The molecule has 3 heteroatoms. The van der Waals surface area contributed by atoms with E-state index in [-0.39, 0.29) is 0 Å². The predicted octanol–water partition coefficient (Wildman–Crippen LogP) is 2.51. The van der Waals surface area contributed by atoms with E-state index in [2.05, 4.69) is 46.7 Å². The zero-order valence-corrected chi connectivity index (χ0v) is 8.12. The number of benzene rings is 1. The first-order valence-electron chi connectivity index (χ1n) is 4.73. The lowest BCUT2D eigenvalue weighted by Crippen LogP contribution is -1.95. The van der Waals surface area contributed by atoms with Crippen LogP contribution in [0.3, 0.4) is 0 Å². The molecule has 0 spiro atoms. The number of H-pyrrole nitrogens is 1. The van der Waals surface area contributed by atoms with E-state index in [1.807, 2.05) is 12.4 Å². The van der Waals surface area contributed by atoms with Gasteiger partial charge in [-0.25, -0.2) is 0 Å². The molecule has 2 N–H and O–H groups in total. The third-order valence-corrected chi connectivity index (χ3v) is 2.10. The molecular weight excluding hydrogens is 174 g/mol. The normalized spacial score (nSPS) is 10.1. The van der Waals surface area contributed by atoms with Crippen LogP contribution < -0.4 is 5.32 Å². The fourth-order valence-corrected chi connectivity index (χ4v) is 1.39. The molecule has 72 valence electrons. The van der Waals surface area contributed by atoms with Crippen molar-refractivity contribution >= 4 is 5.69 Å². The van der Waals surface area contributed by atoms with E-state index >= 15 is 0 Å². The van der Waals surface area contributed by atoms with E-state index in [0.717, 1.165) is 17.8 Å². The molecule has 0 atom stereocenters. The fraction of sp³-hybridized carbons (Fsp3) is 0.182. The van der Waals surface area contributed by atoms with Crippen molar-refractivity contribution in [3.8, 4) is 11.1 Å². The van der Waals surface area contributed by atoms with Gasteiger partial charge in [-0.1, -0.05) is 12.1 Å². The highest BCUT2D eigenvalue weighted by atomic mass is 15.1. The lowest BCUT2D eigenvalue weighted by Gasteiger charge is -2.03. The van der Waals surface area contributed by atoms with Crippen molar-refractivity contribution in [2.45, 2.75) is 6.92 Å². The summed E-state index contributed by atoms with van der Waals surface area (Å²) in [5.41, 5.74) is 3.45. The monoisotopic (exact) mass is 187 g/mol. The van der Waals surface area contributed by atoms with E-state index in [4.69, 9.17) is 0 Å². The summed E-state index contributed by atoms with van der Waals surface area (Å²) in [5.74, 6) is 0. The van der Waals surface area contributed by atoms with E-state index in [1.165, 1.54) is 5.56 Å². The topological polar surface area (TPSA) is 40.7 Å². The Balaban J connectivity index is 2.22. The summed E-state index contributed by atoms with van der Waals surface area (Å²) in [4.78, 5) is 0. The Morgan fingerprint density at radius 1 is 1.21 bits per heavy atom. The molecular formula is C11H13N3. The van der Waals surface area contributed by atoms with Crippen LogP contribution in [0.1, 0.15) is 6.92 Å². The third kappa shape index (κ3) is 1.76. The summed E-state index contributed by atoms with van der Waals surface area (Å²) in [6, 6.07) is 8.32. The highest BCUT2D eigenvalue weighted by Crippen LogP contribution is 2.19. The van der Waals surface area contributed by atoms with E-state index < -0.39 is 0 Å². The summed E-state index contributed by atoms with van der Waals surface area (Å²) in [5, 5.41) is 9.98. The first kappa shape index (κ1) is 8.81. The molecule has 3 nitrogen and oxygen atoms in total. The number of hydrogen-bond donors (Lipinski definition) is 2. The maximum atomic E-state index is 3.92. The lowest BCUT2D eigenvalue weighted by atomic mass is 10.1. The van der Waals surface area contributed by atoms with Crippen LogP contribution >= 0.6 is 0 Å². The molecule has 1 aromatic carbocycles. The zero-order valence-electron chi connectivity index (χ0n) is 8.12. The molecule has 0 aliphatic carbocycles. The molecule has 1 heterocycles. The van der Waals surface area contributed by atoms with Crippen molar-refractivity contribution in [1.82, 2.24) is 10.2 Å².